The van der Waals surface area contributed by atoms with Crippen molar-refractivity contribution in [2.24, 2.45) is 0 Å². The largest absolute Gasteiger partial charge is 0.327 e. The van der Waals surface area contributed by atoms with Crippen LogP contribution in [0.5, 0.6) is 0 Å². The molecule has 3 heteroatoms. The Kier molecular flexibility index (Phi) is 4.21. The molecule has 0 aliphatic carbocycles. The lowest BCUT2D eigenvalue weighted by Gasteiger charge is -2.53. The Balaban J connectivity index is 1.90. The van der Waals surface area contributed by atoms with Crippen LogP contribution in [0.3, 0.4) is 0 Å². The quantitative estimate of drug-likeness (QED) is 0.586. The van der Waals surface area contributed by atoms with Gasteiger partial charge in [0.25, 0.3) is 0 Å². The van der Waals surface area contributed by atoms with E-state index in [1.165, 1.54) is 0 Å². The predicted octanol–water partition coefficient (Wildman–Crippen LogP) is 4.55. The Bertz CT molecular complexity index is 643. The lowest BCUT2D eigenvalue weighted by Crippen LogP contribution is -2.64. The van der Waals surface area contributed by atoms with E-state index in [0.29, 0.717) is 13.0 Å². The number of benzene rings is 2. The fourth-order valence-electron chi connectivity index (χ4n) is 3.28. The number of carbonyl (C=O) groups is 1. The SMILES string of the molecule is CCC[C@@]1(Cl)C(=O)N(Cc2ccccc2)[C@@H]1c1ccccc1. The first-order valence-electron chi connectivity index (χ1n) is 7.75. The summed E-state index contributed by atoms with van der Waals surface area (Å²) in [4.78, 5) is 13.8. The van der Waals surface area contributed by atoms with E-state index in [1.54, 1.807) is 0 Å². The number of β-lactam (4-membered cyclic amide) rings is 1. The van der Waals surface area contributed by atoms with Crippen molar-refractivity contribution in [3.05, 3.63) is 71.8 Å². The molecule has 1 heterocycles. The van der Waals surface area contributed by atoms with Crippen LogP contribution in [0.2, 0.25) is 0 Å². The molecule has 1 fully saturated rings. The summed E-state index contributed by atoms with van der Waals surface area (Å²) in [6, 6.07) is 20.1. The van der Waals surface area contributed by atoms with Crippen molar-refractivity contribution in [2.75, 3.05) is 0 Å². The number of hydrogen-bond donors (Lipinski definition) is 0. The minimum Gasteiger partial charge on any atom is -0.327 e. The van der Waals surface area contributed by atoms with Crippen LogP contribution in [-0.2, 0) is 11.3 Å². The van der Waals surface area contributed by atoms with Gasteiger partial charge in [0.2, 0.25) is 5.91 Å². The molecule has 22 heavy (non-hydrogen) atoms. The van der Waals surface area contributed by atoms with Crippen LogP contribution in [0, 0.1) is 0 Å². The maximum absolute atomic E-state index is 12.7. The molecule has 114 valence electrons. The second-order valence-corrected chi connectivity index (χ2v) is 6.52. The van der Waals surface area contributed by atoms with E-state index in [-0.39, 0.29) is 11.9 Å². The smallest absolute Gasteiger partial charge is 0.247 e. The van der Waals surface area contributed by atoms with Gasteiger partial charge in [-0.05, 0) is 17.5 Å². The summed E-state index contributed by atoms with van der Waals surface area (Å²) < 4.78 is 0. The first kappa shape index (κ1) is 15.1. The van der Waals surface area contributed by atoms with Crippen molar-refractivity contribution in [3.63, 3.8) is 0 Å². The van der Waals surface area contributed by atoms with Crippen molar-refractivity contribution in [1.29, 1.82) is 0 Å². The molecule has 0 aromatic heterocycles. The third-order valence-corrected chi connectivity index (χ3v) is 4.84. The third kappa shape index (κ3) is 2.52. The highest BCUT2D eigenvalue weighted by Crippen LogP contribution is 2.51. The summed E-state index contributed by atoms with van der Waals surface area (Å²) >= 11 is 6.73. The van der Waals surface area contributed by atoms with Gasteiger partial charge in [0.15, 0.2) is 0 Å². The summed E-state index contributed by atoms with van der Waals surface area (Å²) in [6.07, 6.45) is 1.61. The van der Waals surface area contributed by atoms with Crippen molar-refractivity contribution < 1.29 is 4.79 Å². The number of alkyl halides is 1. The molecule has 2 aromatic rings. The highest BCUT2D eigenvalue weighted by atomic mass is 35.5. The van der Waals surface area contributed by atoms with Crippen LogP contribution in [0.25, 0.3) is 0 Å². The zero-order valence-electron chi connectivity index (χ0n) is 12.7. The van der Waals surface area contributed by atoms with Gasteiger partial charge < -0.3 is 4.90 Å². The first-order valence-corrected chi connectivity index (χ1v) is 8.13. The van der Waals surface area contributed by atoms with Crippen LogP contribution in [0.1, 0.15) is 36.9 Å². The molecule has 2 aromatic carbocycles. The molecule has 0 radical (unpaired) electrons. The van der Waals surface area contributed by atoms with Gasteiger partial charge in [0, 0.05) is 6.54 Å². The Hall–Kier alpha value is -1.80. The molecule has 1 amide bonds. The van der Waals surface area contributed by atoms with Gasteiger partial charge in [0.1, 0.15) is 4.87 Å². The summed E-state index contributed by atoms with van der Waals surface area (Å²) in [5.41, 5.74) is 2.24. The maximum atomic E-state index is 12.7. The molecule has 0 bridgehead atoms. The normalized spacial score (nSPS) is 24.2. The zero-order chi connectivity index (χ0) is 15.6. The molecule has 1 aliphatic rings. The van der Waals surface area contributed by atoms with Crippen molar-refractivity contribution in [3.8, 4) is 0 Å². The molecule has 0 saturated carbocycles. The van der Waals surface area contributed by atoms with Gasteiger partial charge in [-0.3, -0.25) is 4.79 Å². The van der Waals surface area contributed by atoms with Gasteiger partial charge in [-0.2, -0.15) is 0 Å². The molecule has 0 spiro atoms. The van der Waals surface area contributed by atoms with E-state index in [2.05, 4.69) is 19.1 Å². The van der Waals surface area contributed by atoms with Crippen LogP contribution in [0.15, 0.2) is 60.7 Å². The van der Waals surface area contributed by atoms with Crippen molar-refractivity contribution in [1.82, 2.24) is 4.90 Å². The Morgan fingerprint density at radius 2 is 1.64 bits per heavy atom. The topological polar surface area (TPSA) is 20.3 Å². The number of likely N-dealkylation sites (tertiary alicyclic amines) is 1. The highest BCUT2D eigenvalue weighted by Gasteiger charge is 2.59. The molecule has 2 nitrogen and oxygen atoms in total. The molecule has 0 N–H and O–H groups in total. The molecule has 3 rings (SSSR count). The number of nitrogens with zero attached hydrogens (tertiary/aromatic N) is 1. The van der Waals surface area contributed by atoms with Crippen LogP contribution < -0.4 is 0 Å². The number of halogens is 1. The number of carbonyl (C=O) groups excluding carboxylic acids is 1. The average molecular weight is 314 g/mol. The van der Waals surface area contributed by atoms with E-state index in [1.807, 2.05) is 53.4 Å². The predicted molar refractivity (Wildman–Crippen MR) is 89.7 cm³/mol. The Labute approximate surface area is 136 Å². The second kappa shape index (κ2) is 6.13. The van der Waals surface area contributed by atoms with Gasteiger partial charge in [0.05, 0.1) is 6.04 Å². The fourth-order valence-corrected chi connectivity index (χ4v) is 3.83. The maximum Gasteiger partial charge on any atom is 0.247 e. The van der Waals surface area contributed by atoms with E-state index in [0.717, 1.165) is 17.5 Å². The molecule has 0 unspecified atom stereocenters. The minimum absolute atomic E-state index is 0.0497. The highest BCUT2D eigenvalue weighted by molar-refractivity contribution is 6.38. The van der Waals surface area contributed by atoms with E-state index < -0.39 is 4.87 Å². The summed E-state index contributed by atoms with van der Waals surface area (Å²) in [7, 11) is 0. The molecule has 1 saturated heterocycles. The second-order valence-electron chi connectivity index (χ2n) is 5.84. The minimum atomic E-state index is -0.787. The summed E-state index contributed by atoms with van der Waals surface area (Å²) in [5.74, 6) is 0.0497. The van der Waals surface area contributed by atoms with E-state index >= 15 is 0 Å². The molecular weight excluding hydrogens is 294 g/mol. The standard InChI is InChI=1S/C19H20ClNO/c1-2-13-19(20)17(16-11-7-4-8-12-16)21(18(19)22)14-15-9-5-3-6-10-15/h3-12,17H,2,13-14H2,1H3/t17-,19+/m1/s1. The zero-order valence-corrected chi connectivity index (χ0v) is 13.5. The van der Waals surface area contributed by atoms with Gasteiger partial charge in [-0.15, -0.1) is 11.6 Å². The molecule has 2 atom stereocenters. The van der Waals surface area contributed by atoms with Crippen molar-refractivity contribution in [2.45, 2.75) is 37.2 Å². The lowest BCUT2D eigenvalue weighted by atomic mass is 9.78. The summed E-state index contributed by atoms with van der Waals surface area (Å²) in [5, 5.41) is 0. The molecular formula is C19H20ClNO. The molecule has 1 aliphatic heterocycles. The monoisotopic (exact) mass is 313 g/mol. The van der Waals surface area contributed by atoms with E-state index in [9.17, 15) is 4.79 Å². The third-order valence-electron chi connectivity index (χ3n) is 4.29. The van der Waals surface area contributed by atoms with Crippen LogP contribution in [-0.4, -0.2) is 15.7 Å². The van der Waals surface area contributed by atoms with Crippen LogP contribution in [0.4, 0.5) is 0 Å². The van der Waals surface area contributed by atoms with Gasteiger partial charge in [-0.1, -0.05) is 74.0 Å². The summed E-state index contributed by atoms with van der Waals surface area (Å²) in [6.45, 7) is 2.68. The van der Waals surface area contributed by atoms with Gasteiger partial charge >= 0.3 is 0 Å². The first-order chi connectivity index (χ1) is 10.7. The van der Waals surface area contributed by atoms with E-state index in [4.69, 9.17) is 11.6 Å². The number of hydrogen-bond acceptors (Lipinski definition) is 1. The number of amides is 1. The Morgan fingerprint density at radius 3 is 2.23 bits per heavy atom. The van der Waals surface area contributed by atoms with Gasteiger partial charge in [-0.25, -0.2) is 0 Å². The average Bonchev–Trinajstić information content (AvgIpc) is 2.56. The van der Waals surface area contributed by atoms with Crippen molar-refractivity contribution >= 4 is 17.5 Å². The lowest BCUT2D eigenvalue weighted by molar-refractivity contribution is -0.155. The Morgan fingerprint density at radius 1 is 1.05 bits per heavy atom. The number of rotatable bonds is 5. The fraction of sp³-hybridized carbons (Fsp3) is 0.316. The van der Waals surface area contributed by atoms with Crippen LogP contribution >= 0.6 is 11.6 Å².